The number of benzene rings is 1. The van der Waals surface area contributed by atoms with Gasteiger partial charge in [-0.1, -0.05) is 17.7 Å². The number of aliphatic hydroxyl groups excluding tert-OH is 1. The summed E-state index contributed by atoms with van der Waals surface area (Å²) in [5.74, 6) is -0.456. The van der Waals surface area contributed by atoms with Crippen LogP contribution in [0.15, 0.2) is 18.2 Å². The van der Waals surface area contributed by atoms with Gasteiger partial charge in [0.15, 0.2) is 0 Å². The molecule has 0 saturated heterocycles. The zero-order valence-electron chi connectivity index (χ0n) is 9.68. The zero-order chi connectivity index (χ0) is 12.4. The van der Waals surface area contributed by atoms with Gasteiger partial charge >= 0.3 is 0 Å². The maximum absolute atomic E-state index is 12.1. The van der Waals surface area contributed by atoms with Crippen LogP contribution in [0, 0.1) is 18.3 Å². The molecule has 1 aromatic rings. The van der Waals surface area contributed by atoms with Crippen LogP contribution in [0.4, 0.5) is 5.69 Å². The molecule has 4 heteroatoms. The SMILES string of the molecule is Cc1ccc2c(c1)C(CC#N)C(=O)N2CCO. The molecule has 1 aliphatic heterocycles. The number of nitrogens with zero attached hydrogens (tertiary/aromatic N) is 2. The van der Waals surface area contributed by atoms with Crippen LogP contribution in [0.25, 0.3) is 0 Å². The summed E-state index contributed by atoms with van der Waals surface area (Å²) in [4.78, 5) is 13.7. The molecule has 1 amide bonds. The maximum atomic E-state index is 12.1. The molecule has 2 rings (SSSR count). The van der Waals surface area contributed by atoms with Crippen molar-refractivity contribution in [2.45, 2.75) is 19.3 Å². The molecule has 0 bridgehead atoms. The van der Waals surface area contributed by atoms with Crippen molar-refractivity contribution in [2.75, 3.05) is 18.1 Å². The van der Waals surface area contributed by atoms with Crippen molar-refractivity contribution in [2.24, 2.45) is 0 Å². The molecule has 4 nitrogen and oxygen atoms in total. The van der Waals surface area contributed by atoms with Gasteiger partial charge in [0.05, 0.1) is 25.0 Å². The molecule has 0 saturated carbocycles. The molecule has 1 heterocycles. The number of hydrogen-bond donors (Lipinski definition) is 1. The second kappa shape index (κ2) is 4.56. The Kier molecular flexibility index (Phi) is 3.12. The molecule has 17 heavy (non-hydrogen) atoms. The topological polar surface area (TPSA) is 64.3 Å². The first-order valence-corrected chi connectivity index (χ1v) is 5.58. The summed E-state index contributed by atoms with van der Waals surface area (Å²) in [6.45, 7) is 2.18. The summed E-state index contributed by atoms with van der Waals surface area (Å²) >= 11 is 0. The Morgan fingerprint density at radius 1 is 1.53 bits per heavy atom. The average molecular weight is 230 g/mol. The highest BCUT2D eigenvalue weighted by molar-refractivity contribution is 6.05. The highest BCUT2D eigenvalue weighted by atomic mass is 16.3. The van der Waals surface area contributed by atoms with Gasteiger partial charge in [-0.15, -0.1) is 0 Å². The molecule has 0 fully saturated rings. The summed E-state index contributed by atoms with van der Waals surface area (Å²) in [6, 6.07) is 7.82. The summed E-state index contributed by atoms with van der Waals surface area (Å²) in [6.07, 6.45) is 0.192. The minimum atomic E-state index is -0.374. The molecule has 0 spiro atoms. The van der Waals surface area contributed by atoms with Crippen LogP contribution in [0.5, 0.6) is 0 Å². The lowest BCUT2D eigenvalue weighted by Crippen LogP contribution is -2.31. The van der Waals surface area contributed by atoms with Crippen LogP contribution in [-0.4, -0.2) is 24.2 Å². The number of nitriles is 1. The fraction of sp³-hybridized carbons (Fsp3) is 0.385. The first-order chi connectivity index (χ1) is 8.19. The molecular weight excluding hydrogens is 216 g/mol. The van der Waals surface area contributed by atoms with E-state index in [0.717, 1.165) is 16.8 Å². The van der Waals surface area contributed by atoms with E-state index in [0.29, 0.717) is 0 Å². The van der Waals surface area contributed by atoms with Gasteiger partial charge in [0.2, 0.25) is 5.91 Å². The molecule has 0 radical (unpaired) electrons. The Bertz CT molecular complexity index is 491. The summed E-state index contributed by atoms with van der Waals surface area (Å²) in [7, 11) is 0. The standard InChI is InChI=1S/C13H14N2O2/c1-9-2-3-12-11(8-9)10(4-5-14)13(17)15(12)6-7-16/h2-3,8,10,16H,4,6-7H2,1H3. The van der Waals surface area contributed by atoms with Gasteiger partial charge in [-0.3, -0.25) is 4.79 Å². The number of hydrogen-bond acceptors (Lipinski definition) is 3. The smallest absolute Gasteiger partial charge is 0.235 e. The number of β-amino-alcohol motifs (C(OH)–C–C–N with tert-alkyl or cyclic N) is 1. The predicted molar refractivity (Wildman–Crippen MR) is 63.6 cm³/mol. The van der Waals surface area contributed by atoms with Crippen molar-refractivity contribution < 1.29 is 9.90 Å². The van der Waals surface area contributed by atoms with Crippen molar-refractivity contribution in [1.82, 2.24) is 0 Å². The Balaban J connectivity index is 2.46. The summed E-state index contributed by atoms with van der Waals surface area (Å²) in [5.41, 5.74) is 2.81. The predicted octanol–water partition coefficient (Wildman–Crippen LogP) is 1.33. The number of aryl methyl sites for hydroxylation is 1. The van der Waals surface area contributed by atoms with Crippen molar-refractivity contribution in [3.05, 3.63) is 29.3 Å². The first kappa shape index (κ1) is 11.6. The Morgan fingerprint density at radius 2 is 2.29 bits per heavy atom. The van der Waals surface area contributed by atoms with E-state index in [2.05, 4.69) is 6.07 Å². The van der Waals surface area contributed by atoms with Gasteiger partial charge in [0, 0.05) is 12.2 Å². The maximum Gasteiger partial charge on any atom is 0.235 e. The molecule has 88 valence electrons. The normalized spacial score (nSPS) is 18.1. The summed E-state index contributed by atoms with van der Waals surface area (Å²) in [5, 5.41) is 17.8. The molecule has 0 aromatic heterocycles. The van der Waals surface area contributed by atoms with E-state index < -0.39 is 0 Å². The fourth-order valence-electron chi connectivity index (χ4n) is 2.26. The van der Waals surface area contributed by atoms with E-state index in [1.807, 2.05) is 25.1 Å². The monoisotopic (exact) mass is 230 g/mol. The minimum Gasteiger partial charge on any atom is -0.395 e. The van der Waals surface area contributed by atoms with Gasteiger partial charge in [-0.2, -0.15) is 5.26 Å². The van der Waals surface area contributed by atoms with E-state index in [1.165, 1.54) is 0 Å². The Morgan fingerprint density at radius 3 is 2.94 bits per heavy atom. The fourth-order valence-corrected chi connectivity index (χ4v) is 2.26. The van der Waals surface area contributed by atoms with Crippen LogP contribution >= 0.6 is 0 Å². The van der Waals surface area contributed by atoms with Gasteiger partial charge in [0.25, 0.3) is 0 Å². The molecule has 1 aliphatic rings. The number of anilines is 1. The van der Waals surface area contributed by atoms with E-state index in [4.69, 9.17) is 10.4 Å². The Labute approximate surface area is 100 Å². The van der Waals surface area contributed by atoms with Gasteiger partial charge < -0.3 is 10.0 Å². The quantitative estimate of drug-likeness (QED) is 0.852. The molecule has 0 aliphatic carbocycles. The van der Waals surface area contributed by atoms with Crippen molar-refractivity contribution >= 4 is 11.6 Å². The Hall–Kier alpha value is -1.86. The molecule has 1 aromatic carbocycles. The number of amides is 1. The van der Waals surface area contributed by atoms with Crippen LogP contribution in [0.3, 0.4) is 0 Å². The van der Waals surface area contributed by atoms with E-state index in [1.54, 1.807) is 4.90 Å². The van der Waals surface area contributed by atoms with E-state index in [-0.39, 0.29) is 31.4 Å². The third-order valence-electron chi connectivity index (χ3n) is 3.03. The second-order valence-electron chi connectivity index (χ2n) is 4.19. The number of carbonyl (C=O) groups excluding carboxylic acids is 1. The van der Waals surface area contributed by atoms with Gasteiger partial charge in [-0.05, 0) is 18.6 Å². The second-order valence-corrected chi connectivity index (χ2v) is 4.19. The average Bonchev–Trinajstić information content (AvgIpc) is 2.55. The minimum absolute atomic E-state index is 0.0711. The molecule has 1 N–H and O–H groups in total. The van der Waals surface area contributed by atoms with Gasteiger partial charge in [-0.25, -0.2) is 0 Å². The van der Waals surface area contributed by atoms with Crippen molar-refractivity contribution in [3.63, 3.8) is 0 Å². The zero-order valence-corrected chi connectivity index (χ0v) is 9.68. The van der Waals surface area contributed by atoms with Crippen LogP contribution in [-0.2, 0) is 4.79 Å². The van der Waals surface area contributed by atoms with Gasteiger partial charge in [0.1, 0.15) is 0 Å². The first-order valence-electron chi connectivity index (χ1n) is 5.58. The number of carbonyl (C=O) groups is 1. The van der Waals surface area contributed by atoms with Crippen LogP contribution in [0.1, 0.15) is 23.5 Å². The third-order valence-corrected chi connectivity index (χ3v) is 3.03. The number of rotatable bonds is 3. The van der Waals surface area contributed by atoms with E-state index in [9.17, 15) is 4.79 Å². The number of fused-ring (bicyclic) bond motifs is 1. The highest BCUT2D eigenvalue weighted by Gasteiger charge is 2.36. The van der Waals surface area contributed by atoms with Crippen LogP contribution in [0.2, 0.25) is 0 Å². The lowest BCUT2D eigenvalue weighted by atomic mass is 9.96. The summed E-state index contributed by atoms with van der Waals surface area (Å²) < 4.78 is 0. The number of aliphatic hydroxyl groups is 1. The third kappa shape index (κ3) is 1.90. The van der Waals surface area contributed by atoms with E-state index >= 15 is 0 Å². The molecular formula is C13H14N2O2. The highest BCUT2D eigenvalue weighted by Crippen LogP contribution is 2.39. The van der Waals surface area contributed by atoms with Crippen molar-refractivity contribution in [3.8, 4) is 6.07 Å². The largest absolute Gasteiger partial charge is 0.395 e. The van der Waals surface area contributed by atoms with Crippen molar-refractivity contribution in [1.29, 1.82) is 5.26 Å². The molecule has 1 unspecified atom stereocenters. The lowest BCUT2D eigenvalue weighted by Gasteiger charge is -2.16. The van der Waals surface area contributed by atoms with Crippen LogP contribution < -0.4 is 4.90 Å². The lowest BCUT2D eigenvalue weighted by molar-refractivity contribution is -0.119. The molecule has 1 atom stereocenters.